The van der Waals surface area contributed by atoms with Crippen molar-refractivity contribution in [1.29, 1.82) is 5.26 Å². The van der Waals surface area contributed by atoms with Gasteiger partial charge in [-0.15, -0.1) is 0 Å². The highest BCUT2D eigenvalue weighted by molar-refractivity contribution is 5.76. The number of nitrogens with two attached hydrogens (primary N) is 1. The lowest BCUT2D eigenvalue weighted by Gasteiger charge is -2.20. The zero-order valence-electron chi connectivity index (χ0n) is 11.5. The van der Waals surface area contributed by atoms with Crippen LogP contribution in [-0.2, 0) is 4.79 Å². The van der Waals surface area contributed by atoms with Crippen LogP contribution < -0.4 is 11.1 Å². The average molecular weight is 251 g/mol. The minimum Gasteiger partial charge on any atom is -0.352 e. The Bertz CT molecular complexity index is 309. The van der Waals surface area contributed by atoms with Crippen LogP contribution in [0.1, 0.15) is 46.0 Å². The van der Waals surface area contributed by atoms with Gasteiger partial charge in [0.05, 0.1) is 12.0 Å². The maximum Gasteiger partial charge on any atom is 0.220 e. The second kappa shape index (κ2) is 7.38. The molecule has 18 heavy (non-hydrogen) atoms. The fraction of sp³-hybridized carbons (Fsp3) is 0.857. The largest absolute Gasteiger partial charge is 0.352 e. The third kappa shape index (κ3) is 4.66. The predicted octanol–water partition coefficient (Wildman–Crippen LogP) is 1.81. The van der Waals surface area contributed by atoms with E-state index < -0.39 is 0 Å². The standard InChI is InChI=1S/C14H25N3O/c1-10(2)6-11(8-15)7-14(18)17-13-5-3-4-12(13)9-16/h10-13H,3-8,15H2,1-2H3,(H,17,18)/t11-,12?,13?/m0/s1. The van der Waals surface area contributed by atoms with Gasteiger partial charge in [0, 0.05) is 12.5 Å². The van der Waals surface area contributed by atoms with E-state index in [-0.39, 0.29) is 23.8 Å². The summed E-state index contributed by atoms with van der Waals surface area (Å²) in [7, 11) is 0. The summed E-state index contributed by atoms with van der Waals surface area (Å²) >= 11 is 0. The van der Waals surface area contributed by atoms with E-state index in [1.54, 1.807) is 0 Å². The first-order chi connectivity index (χ1) is 8.56. The van der Waals surface area contributed by atoms with Gasteiger partial charge in [0.2, 0.25) is 5.91 Å². The molecule has 0 spiro atoms. The minimum absolute atomic E-state index is 0.00428. The van der Waals surface area contributed by atoms with Gasteiger partial charge in [0.1, 0.15) is 0 Å². The molecule has 1 rings (SSSR count). The normalized spacial score (nSPS) is 24.8. The highest BCUT2D eigenvalue weighted by atomic mass is 16.1. The van der Waals surface area contributed by atoms with E-state index in [1.165, 1.54) is 0 Å². The van der Waals surface area contributed by atoms with Crippen LogP contribution in [-0.4, -0.2) is 18.5 Å². The van der Waals surface area contributed by atoms with Crippen molar-refractivity contribution < 1.29 is 4.79 Å². The van der Waals surface area contributed by atoms with E-state index in [4.69, 9.17) is 11.0 Å². The molecule has 4 heteroatoms. The van der Waals surface area contributed by atoms with Crippen molar-refractivity contribution in [1.82, 2.24) is 5.32 Å². The van der Waals surface area contributed by atoms with Gasteiger partial charge in [-0.25, -0.2) is 0 Å². The van der Waals surface area contributed by atoms with Crippen molar-refractivity contribution >= 4 is 5.91 Å². The third-order valence-corrected chi connectivity index (χ3v) is 3.64. The molecule has 0 aromatic carbocycles. The van der Waals surface area contributed by atoms with Crippen molar-refractivity contribution in [2.75, 3.05) is 6.54 Å². The highest BCUT2D eigenvalue weighted by Crippen LogP contribution is 2.25. The number of hydrogen-bond acceptors (Lipinski definition) is 3. The number of amides is 1. The second-order valence-corrected chi connectivity index (χ2v) is 5.78. The van der Waals surface area contributed by atoms with Crippen LogP contribution >= 0.6 is 0 Å². The lowest BCUT2D eigenvalue weighted by Crippen LogP contribution is -2.38. The van der Waals surface area contributed by atoms with E-state index in [2.05, 4.69) is 25.2 Å². The van der Waals surface area contributed by atoms with Crippen molar-refractivity contribution in [2.24, 2.45) is 23.5 Å². The summed E-state index contributed by atoms with van der Waals surface area (Å²) in [5.41, 5.74) is 5.70. The Morgan fingerprint density at radius 2 is 2.22 bits per heavy atom. The van der Waals surface area contributed by atoms with Crippen LogP contribution in [0.2, 0.25) is 0 Å². The Kier molecular flexibility index (Phi) is 6.14. The zero-order chi connectivity index (χ0) is 13.5. The summed E-state index contributed by atoms with van der Waals surface area (Å²) < 4.78 is 0. The van der Waals surface area contributed by atoms with Crippen LogP contribution in [0.5, 0.6) is 0 Å². The Balaban J connectivity index is 2.38. The summed E-state index contributed by atoms with van der Waals surface area (Å²) in [5.74, 6) is 0.866. The zero-order valence-corrected chi connectivity index (χ0v) is 11.5. The number of rotatable bonds is 6. The Morgan fingerprint density at radius 1 is 1.50 bits per heavy atom. The molecule has 0 saturated heterocycles. The van der Waals surface area contributed by atoms with E-state index in [1.807, 2.05) is 0 Å². The van der Waals surface area contributed by atoms with Crippen LogP contribution in [0.25, 0.3) is 0 Å². The minimum atomic E-state index is -0.00428. The molecule has 1 aliphatic rings. The number of nitriles is 1. The molecule has 0 heterocycles. The fourth-order valence-electron chi connectivity index (χ4n) is 2.74. The molecule has 102 valence electrons. The first kappa shape index (κ1) is 15.0. The molecule has 3 atom stereocenters. The molecule has 0 radical (unpaired) electrons. The highest BCUT2D eigenvalue weighted by Gasteiger charge is 2.28. The molecule has 1 fully saturated rings. The van der Waals surface area contributed by atoms with Crippen LogP contribution in [0.4, 0.5) is 0 Å². The first-order valence-corrected chi connectivity index (χ1v) is 6.95. The average Bonchev–Trinajstić information content (AvgIpc) is 2.74. The maximum absolute atomic E-state index is 11.9. The van der Waals surface area contributed by atoms with Gasteiger partial charge < -0.3 is 11.1 Å². The van der Waals surface area contributed by atoms with Gasteiger partial charge in [-0.3, -0.25) is 4.79 Å². The van der Waals surface area contributed by atoms with Gasteiger partial charge in [-0.1, -0.05) is 13.8 Å². The van der Waals surface area contributed by atoms with Crippen molar-refractivity contribution in [2.45, 2.75) is 52.0 Å². The lowest BCUT2D eigenvalue weighted by molar-refractivity contribution is -0.122. The number of carbonyl (C=O) groups is 1. The molecular weight excluding hydrogens is 226 g/mol. The van der Waals surface area contributed by atoms with E-state index >= 15 is 0 Å². The first-order valence-electron chi connectivity index (χ1n) is 6.95. The van der Waals surface area contributed by atoms with E-state index in [9.17, 15) is 4.79 Å². The lowest BCUT2D eigenvalue weighted by atomic mass is 9.93. The molecule has 4 nitrogen and oxygen atoms in total. The van der Waals surface area contributed by atoms with E-state index in [0.717, 1.165) is 25.7 Å². The maximum atomic E-state index is 11.9. The monoisotopic (exact) mass is 251 g/mol. The van der Waals surface area contributed by atoms with Gasteiger partial charge in [0.15, 0.2) is 0 Å². The number of hydrogen-bond donors (Lipinski definition) is 2. The number of nitrogens with one attached hydrogen (secondary N) is 1. The SMILES string of the molecule is CC(C)C[C@H](CN)CC(=O)NC1CCCC1C#N. The summed E-state index contributed by atoms with van der Waals surface area (Å²) in [6.07, 6.45) is 4.35. The van der Waals surface area contributed by atoms with E-state index in [0.29, 0.717) is 18.9 Å². The number of nitrogens with zero attached hydrogens (tertiary/aromatic N) is 1. The van der Waals surface area contributed by atoms with Gasteiger partial charge >= 0.3 is 0 Å². The number of carbonyl (C=O) groups excluding carboxylic acids is 1. The van der Waals surface area contributed by atoms with Crippen molar-refractivity contribution in [3.05, 3.63) is 0 Å². The Morgan fingerprint density at radius 3 is 2.78 bits per heavy atom. The van der Waals surface area contributed by atoms with Crippen LogP contribution in [0.3, 0.4) is 0 Å². The molecule has 1 saturated carbocycles. The van der Waals surface area contributed by atoms with Gasteiger partial charge in [0.25, 0.3) is 0 Å². The summed E-state index contributed by atoms with van der Waals surface area (Å²) in [6.45, 7) is 4.84. The molecule has 1 amide bonds. The molecule has 1 aliphatic carbocycles. The Hall–Kier alpha value is -1.08. The molecular formula is C14H25N3O. The molecule has 0 aromatic heterocycles. The van der Waals surface area contributed by atoms with Gasteiger partial charge in [-0.2, -0.15) is 5.26 Å². The molecule has 3 N–H and O–H groups in total. The predicted molar refractivity (Wildman–Crippen MR) is 71.5 cm³/mol. The molecule has 0 aromatic rings. The fourth-order valence-corrected chi connectivity index (χ4v) is 2.74. The summed E-state index contributed by atoms with van der Waals surface area (Å²) in [5, 5.41) is 12.0. The smallest absolute Gasteiger partial charge is 0.220 e. The summed E-state index contributed by atoms with van der Waals surface area (Å²) in [4.78, 5) is 11.9. The van der Waals surface area contributed by atoms with Crippen LogP contribution in [0, 0.1) is 29.1 Å². The Labute approximate surface area is 110 Å². The quantitative estimate of drug-likeness (QED) is 0.755. The second-order valence-electron chi connectivity index (χ2n) is 5.78. The summed E-state index contributed by atoms with van der Waals surface area (Å²) in [6, 6.07) is 2.33. The third-order valence-electron chi connectivity index (χ3n) is 3.64. The van der Waals surface area contributed by atoms with Crippen molar-refractivity contribution in [3.63, 3.8) is 0 Å². The van der Waals surface area contributed by atoms with Gasteiger partial charge in [-0.05, 0) is 44.1 Å². The topological polar surface area (TPSA) is 78.9 Å². The molecule has 2 unspecified atom stereocenters. The molecule has 0 bridgehead atoms. The van der Waals surface area contributed by atoms with Crippen LogP contribution in [0.15, 0.2) is 0 Å². The van der Waals surface area contributed by atoms with Crippen molar-refractivity contribution in [3.8, 4) is 6.07 Å². The molecule has 0 aliphatic heterocycles.